The van der Waals surface area contributed by atoms with E-state index in [1.54, 1.807) is 18.4 Å². The first-order chi connectivity index (χ1) is 9.11. The van der Waals surface area contributed by atoms with Crippen LogP contribution in [0, 0.1) is 6.92 Å². The van der Waals surface area contributed by atoms with Crippen LogP contribution < -0.4 is 10.1 Å². The molecule has 0 amide bonds. The number of nitrogens with zero attached hydrogens (tertiary/aromatic N) is 1. The summed E-state index contributed by atoms with van der Waals surface area (Å²) in [6.45, 7) is 4.76. The predicted molar refractivity (Wildman–Crippen MR) is 80.1 cm³/mol. The summed E-state index contributed by atoms with van der Waals surface area (Å²) in [5.74, 6) is 0.808. The Hall–Kier alpha value is -1.10. The molecule has 0 radical (unpaired) electrons. The molecule has 3 nitrogen and oxygen atoms in total. The van der Waals surface area contributed by atoms with Crippen LogP contribution in [-0.4, -0.2) is 12.1 Å². The average molecular weight is 297 g/mol. The van der Waals surface area contributed by atoms with Gasteiger partial charge in [0.05, 0.1) is 13.2 Å². The zero-order valence-electron chi connectivity index (χ0n) is 11.2. The SMILES string of the molecule is COc1cccc(Cl)c1CNC(C)c1nc(C)cs1. The molecule has 1 N–H and O–H groups in total. The number of hydrogen-bond donors (Lipinski definition) is 1. The number of rotatable bonds is 5. The van der Waals surface area contributed by atoms with Crippen molar-refractivity contribution in [3.8, 4) is 5.75 Å². The fourth-order valence-electron chi connectivity index (χ4n) is 1.82. The van der Waals surface area contributed by atoms with Gasteiger partial charge in [0.15, 0.2) is 0 Å². The Morgan fingerprint density at radius 1 is 1.47 bits per heavy atom. The molecule has 1 atom stereocenters. The van der Waals surface area contributed by atoms with Crippen molar-refractivity contribution in [3.63, 3.8) is 0 Å². The first kappa shape index (κ1) is 14.3. The summed E-state index contributed by atoms with van der Waals surface area (Å²) in [5.41, 5.74) is 2.04. The van der Waals surface area contributed by atoms with Crippen molar-refractivity contribution in [2.45, 2.75) is 26.4 Å². The van der Waals surface area contributed by atoms with E-state index in [2.05, 4.69) is 22.6 Å². The first-order valence-electron chi connectivity index (χ1n) is 6.08. The minimum atomic E-state index is 0.194. The van der Waals surface area contributed by atoms with E-state index in [4.69, 9.17) is 16.3 Å². The largest absolute Gasteiger partial charge is 0.496 e. The van der Waals surface area contributed by atoms with Crippen LogP contribution in [0.25, 0.3) is 0 Å². The van der Waals surface area contributed by atoms with Gasteiger partial charge in [0.2, 0.25) is 0 Å². The van der Waals surface area contributed by atoms with Gasteiger partial charge in [0.25, 0.3) is 0 Å². The van der Waals surface area contributed by atoms with E-state index in [0.29, 0.717) is 6.54 Å². The molecule has 1 aromatic heterocycles. The Labute approximate surface area is 122 Å². The highest BCUT2D eigenvalue weighted by Gasteiger charge is 2.12. The third-order valence-corrected chi connectivity index (χ3v) is 4.39. The summed E-state index contributed by atoms with van der Waals surface area (Å²) in [6, 6.07) is 5.87. The van der Waals surface area contributed by atoms with E-state index in [1.165, 1.54) is 0 Å². The second-order valence-corrected chi connectivity index (χ2v) is 5.65. The summed E-state index contributed by atoms with van der Waals surface area (Å²) in [4.78, 5) is 4.48. The fraction of sp³-hybridized carbons (Fsp3) is 0.357. The second-order valence-electron chi connectivity index (χ2n) is 4.35. The highest BCUT2D eigenvalue weighted by atomic mass is 35.5. The van der Waals surface area contributed by atoms with Gasteiger partial charge in [-0.05, 0) is 26.0 Å². The zero-order chi connectivity index (χ0) is 13.8. The van der Waals surface area contributed by atoms with Gasteiger partial charge < -0.3 is 10.1 Å². The topological polar surface area (TPSA) is 34.1 Å². The number of hydrogen-bond acceptors (Lipinski definition) is 4. The van der Waals surface area contributed by atoms with E-state index in [9.17, 15) is 0 Å². The molecule has 0 aliphatic carbocycles. The van der Waals surface area contributed by atoms with E-state index in [1.807, 2.05) is 25.1 Å². The molecule has 0 aliphatic heterocycles. The molecule has 1 aromatic carbocycles. The van der Waals surface area contributed by atoms with Gasteiger partial charge in [-0.3, -0.25) is 0 Å². The Balaban J connectivity index is 2.06. The second kappa shape index (κ2) is 6.37. The smallest absolute Gasteiger partial charge is 0.124 e. The van der Waals surface area contributed by atoms with Crippen molar-refractivity contribution in [1.82, 2.24) is 10.3 Å². The van der Waals surface area contributed by atoms with Gasteiger partial charge in [-0.15, -0.1) is 11.3 Å². The normalized spacial score (nSPS) is 12.4. The molecule has 2 rings (SSSR count). The molecule has 19 heavy (non-hydrogen) atoms. The van der Waals surface area contributed by atoms with Crippen molar-refractivity contribution in [2.24, 2.45) is 0 Å². The Morgan fingerprint density at radius 2 is 2.26 bits per heavy atom. The Morgan fingerprint density at radius 3 is 2.89 bits per heavy atom. The van der Waals surface area contributed by atoms with Crippen LogP contribution in [0.3, 0.4) is 0 Å². The minimum Gasteiger partial charge on any atom is -0.496 e. The molecule has 0 saturated carbocycles. The molecule has 0 aliphatic rings. The zero-order valence-corrected chi connectivity index (χ0v) is 12.8. The van der Waals surface area contributed by atoms with Gasteiger partial charge in [-0.1, -0.05) is 17.7 Å². The number of nitrogens with one attached hydrogen (secondary N) is 1. The summed E-state index contributed by atoms with van der Waals surface area (Å²) in [5, 5.41) is 7.29. The average Bonchev–Trinajstić information content (AvgIpc) is 2.83. The lowest BCUT2D eigenvalue weighted by molar-refractivity contribution is 0.406. The number of halogens is 1. The maximum Gasteiger partial charge on any atom is 0.124 e. The highest BCUT2D eigenvalue weighted by molar-refractivity contribution is 7.09. The number of aromatic nitrogens is 1. The van der Waals surface area contributed by atoms with Gasteiger partial charge in [-0.2, -0.15) is 0 Å². The van der Waals surface area contributed by atoms with Gasteiger partial charge in [0, 0.05) is 28.2 Å². The molecule has 102 valence electrons. The molecule has 0 bridgehead atoms. The van der Waals surface area contributed by atoms with Gasteiger partial charge >= 0.3 is 0 Å². The van der Waals surface area contributed by atoms with Crippen molar-refractivity contribution >= 4 is 22.9 Å². The number of methoxy groups -OCH3 is 1. The van der Waals surface area contributed by atoms with Crippen molar-refractivity contribution < 1.29 is 4.74 Å². The monoisotopic (exact) mass is 296 g/mol. The molecular formula is C14H17ClN2OS. The van der Waals surface area contributed by atoms with Crippen LogP contribution in [0.5, 0.6) is 5.75 Å². The number of benzene rings is 1. The van der Waals surface area contributed by atoms with Crippen LogP contribution in [0.1, 0.15) is 29.2 Å². The van der Waals surface area contributed by atoms with Crippen molar-refractivity contribution in [3.05, 3.63) is 44.9 Å². The van der Waals surface area contributed by atoms with Gasteiger partial charge in [-0.25, -0.2) is 4.98 Å². The first-order valence-corrected chi connectivity index (χ1v) is 7.34. The lowest BCUT2D eigenvalue weighted by Gasteiger charge is -2.14. The molecule has 1 unspecified atom stereocenters. The number of ether oxygens (including phenoxy) is 1. The quantitative estimate of drug-likeness (QED) is 0.907. The third kappa shape index (κ3) is 3.47. The lowest BCUT2D eigenvalue weighted by Crippen LogP contribution is -2.18. The minimum absolute atomic E-state index is 0.194. The van der Waals surface area contributed by atoms with Crippen LogP contribution in [0.4, 0.5) is 0 Å². The summed E-state index contributed by atoms with van der Waals surface area (Å²) in [7, 11) is 1.66. The van der Waals surface area contributed by atoms with E-state index in [-0.39, 0.29) is 6.04 Å². The van der Waals surface area contributed by atoms with Crippen molar-refractivity contribution in [1.29, 1.82) is 0 Å². The molecule has 0 fully saturated rings. The predicted octanol–water partition coefficient (Wildman–Crippen LogP) is 3.96. The van der Waals surface area contributed by atoms with Crippen LogP contribution in [-0.2, 0) is 6.54 Å². The van der Waals surface area contributed by atoms with E-state index >= 15 is 0 Å². The van der Waals surface area contributed by atoms with Crippen LogP contribution in [0.15, 0.2) is 23.6 Å². The summed E-state index contributed by atoms with van der Waals surface area (Å²) in [6.07, 6.45) is 0. The molecule has 1 heterocycles. The summed E-state index contributed by atoms with van der Waals surface area (Å²) < 4.78 is 5.33. The van der Waals surface area contributed by atoms with Crippen LogP contribution in [0.2, 0.25) is 5.02 Å². The Bertz CT molecular complexity index is 556. The number of thiazole rings is 1. The van der Waals surface area contributed by atoms with Crippen LogP contribution >= 0.6 is 22.9 Å². The molecule has 5 heteroatoms. The fourth-order valence-corrected chi connectivity index (χ4v) is 2.88. The molecule has 0 spiro atoms. The standard InChI is InChI=1S/C14H17ClN2OS/c1-9-8-19-14(17-9)10(2)16-7-11-12(15)5-4-6-13(11)18-3/h4-6,8,10,16H,7H2,1-3H3. The Kier molecular flexibility index (Phi) is 4.80. The van der Waals surface area contributed by atoms with Gasteiger partial charge in [0.1, 0.15) is 10.8 Å². The van der Waals surface area contributed by atoms with E-state index in [0.717, 1.165) is 27.0 Å². The lowest BCUT2D eigenvalue weighted by atomic mass is 10.2. The maximum atomic E-state index is 6.21. The third-order valence-electron chi connectivity index (χ3n) is 2.89. The molecule has 0 saturated heterocycles. The van der Waals surface area contributed by atoms with E-state index < -0.39 is 0 Å². The highest BCUT2D eigenvalue weighted by Crippen LogP contribution is 2.27. The molecular weight excluding hydrogens is 280 g/mol. The number of aryl methyl sites for hydroxylation is 1. The summed E-state index contributed by atoms with van der Waals surface area (Å²) >= 11 is 7.88. The molecule has 2 aromatic rings. The van der Waals surface area contributed by atoms with Crippen molar-refractivity contribution in [2.75, 3.05) is 7.11 Å². The maximum absolute atomic E-state index is 6.21.